The highest BCUT2D eigenvalue weighted by atomic mass is 32.1. The van der Waals surface area contributed by atoms with Gasteiger partial charge in [-0.3, -0.25) is 19.7 Å². The Morgan fingerprint density at radius 1 is 1.14 bits per heavy atom. The topological polar surface area (TPSA) is 135 Å². The molecule has 2 aromatic heterocycles. The number of carbonyl (C=O) groups is 2. The molecular weight excluding hydrogens is 470 g/mol. The van der Waals surface area contributed by atoms with Gasteiger partial charge in [-0.15, -0.1) is 11.3 Å². The van der Waals surface area contributed by atoms with E-state index in [9.17, 15) is 19.5 Å². The Morgan fingerprint density at radius 2 is 1.89 bits per heavy atom. The highest BCUT2D eigenvalue weighted by Gasteiger charge is 2.19. The molecule has 35 heavy (non-hydrogen) atoms. The van der Waals surface area contributed by atoms with Crippen LogP contribution in [0.2, 0.25) is 0 Å². The third-order valence-corrected chi connectivity index (χ3v) is 5.71. The minimum absolute atomic E-state index is 0.104. The highest BCUT2D eigenvalue weighted by molar-refractivity contribution is 7.14. The molecule has 10 nitrogen and oxygen atoms in total. The van der Waals surface area contributed by atoms with Crippen molar-refractivity contribution in [3.05, 3.63) is 81.6 Å². The van der Waals surface area contributed by atoms with E-state index in [-0.39, 0.29) is 11.6 Å². The first-order valence-electron chi connectivity index (χ1n) is 10.4. The van der Waals surface area contributed by atoms with Crippen LogP contribution in [-0.2, 0) is 11.3 Å². The molecule has 0 aliphatic rings. The molecule has 0 saturated carbocycles. The molecule has 2 aromatic carbocycles. The van der Waals surface area contributed by atoms with E-state index in [1.807, 2.05) is 24.3 Å². The summed E-state index contributed by atoms with van der Waals surface area (Å²) in [7, 11) is 1.45. The summed E-state index contributed by atoms with van der Waals surface area (Å²) in [6.07, 6.45) is 0. The lowest BCUT2D eigenvalue weighted by molar-refractivity contribution is -0.119. The predicted molar refractivity (Wildman–Crippen MR) is 131 cm³/mol. The molecule has 2 amide bonds. The second-order valence-corrected chi connectivity index (χ2v) is 8.26. The van der Waals surface area contributed by atoms with E-state index in [2.05, 4.69) is 20.7 Å². The summed E-state index contributed by atoms with van der Waals surface area (Å²) in [4.78, 5) is 40.8. The van der Waals surface area contributed by atoms with Gasteiger partial charge < -0.3 is 15.2 Å². The van der Waals surface area contributed by atoms with Crippen molar-refractivity contribution in [1.29, 1.82) is 0 Å². The zero-order chi connectivity index (χ0) is 24.9. The van der Waals surface area contributed by atoms with Crippen molar-refractivity contribution >= 4 is 28.3 Å². The number of anilines is 1. The number of nitrogens with zero attached hydrogens (tertiary/aromatic N) is 3. The zero-order valence-electron chi connectivity index (χ0n) is 18.8. The first-order valence-corrected chi connectivity index (χ1v) is 11.3. The van der Waals surface area contributed by atoms with Crippen LogP contribution in [0.1, 0.15) is 23.0 Å². The van der Waals surface area contributed by atoms with E-state index < -0.39 is 17.2 Å². The summed E-state index contributed by atoms with van der Waals surface area (Å²) in [5.74, 6) is -0.998. The average molecular weight is 492 g/mol. The number of benzene rings is 2. The summed E-state index contributed by atoms with van der Waals surface area (Å²) in [6.45, 7) is 1.89. The second-order valence-electron chi connectivity index (χ2n) is 7.40. The van der Waals surface area contributed by atoms with Gasteiger partial charge in [0.25, 0.3) is 11.5 Å². The number of rotatable bonds is 7. The lowest BCUT2D eigenvalue weighted by atomic mass is 10.1. The van der Waals surface area contributed by atoms with Gasteiger partial charge >= 0.3 is 0 Å². The standard InChI is InChI=1S/C24H21N5O5S/c1-14(30)25-12-15-7-9-16(10-8-15)17-13-35-24(26-17)27-23(33)22-19(31)11-21(32)29(28-22)18-5-3-4-6-20(18)34-2/h3-11,13,31H,12H2,1-2H3,(H,25,30)(H,26,27,33). The lowest BCUT2D eigenvalue weighted by Gasteiger charge is -2.11. The molecule has 0 saturated heterocycles. The number of hydrogen-bond acceptors (Lipinski definition) is 8. The molecule has 0 bridgehead atoms. The van der Waals surface area contributed by atoms with Crippen LogP contribution in [0, 0.1) is 0 Å². The average Bonchev–Trinajstić information content (AvgIpc) is 3.31. The number of amides is 2. The normalized spacial score (nSPS) is 10.6. The Morgan fingerprint density at radius 3 is 2.60 bits per heavy atom. The van der Waals surface area contributed by atoms with Gasteiger partial charge in [-0.25, -0.2) is 4.98 Å². The number of ether oxygens (including phenoxy) is 1. The SMILES string of the molecule is COc1ccccc1-n1nc(C(=O)Nc2nc(-c3ccc(CNC(C)=O)cc3)cs2)c(O)cc1=O. The van der Waals surface area contributed by atoms with Crippen LogP contribution < -0.4 is 20.9 Å². The van der Waals surface area contributed by atoms with Gasteiger partial charge in [-0.2, -0.15) is 9.78 Å². The Kier molecular flexibility index (Phi) is 6.88. The Hall–Kier alpha value is -4.51. The fourth-order valence-electron chi connectivity index (χ4n) is 3.23. The van der Waals surface area contributed by atoms with Gasteiger partial charge in [0.2, 0.25) is 5.91 Å². The van der Waals surface area contributed by atoms with E-state index in [4.69, 9.17) is 4.74 Å². The fourth-order valence-corrected chi connectivity index (χ4v) is 3.94. The van der Waals surface area contributed by atoms with Crippen LogP contribution in [0.25, 0.3) is 16.9 Å². The number of nitrogens with one attached hydrogen (secondary N) is 2. The first kappa shape index (κ1) is 23.6. The van der Waals surface area contributed by atoms with E-state index in [0.29, 0.717) is 28.8 Å². The van der Waals surface area contributed by atoms with Crippen LogP contribution in [-0.4, -0.2) is 38.8 Å². The van der Waals surface area contributed by atoms with Crippen molar-refractivity contribution in [2.75, 3.05) is 12.4 Å². The lowest BCUT2D eigenvalue weighted by Crippen LogP contribution is -2.25. The monoisotopic (exact) mass is 491 g/mol. The van der Waals surface area contributed by atoms with Crippen LogP contribution in [0.15, 0.2) is 64.8 Å². The summed E-state index contributed by atoms with van der Waals surface area (Å²) >= 11 is 1.20. The number of aromatic hydroxyl groups is 1. The minimum Gasteiger partial charge on any atom is -0.505 e. The largest absolute Gasteiger partial charge is 0.505 e. The molecule has 0 aliphatic carbocycles. The third-order valence-electron chi connectivity index (χ3n) is 4.96. The molecule has 0 radical (unpaired) electrons. The number of aromatic nitrogens is 3. The van der Waals surface area contributed by atoms with Crippen LogP contribution in [0.5, 0.6) is 11.5 Å². The molecular formula is C24H21N5O5S. The molecule has 11 heteroatoms. The number of methoxy groups -OCH3 is 1. The molecule has 0 unspecified atom stereocenters. The Labute approximate surface area is 203 Å². The van der Waals surface area contributed by atoms with Crippen molar-refractivity contribution in [2.24, 2.45) is 0 Å². The highest BCUT2D eigenvalue weighted by Crippen LogP contribution is 2.26. The molecule has 0 aliphatic heterocycles. The molecule has 0 spiro atoms. The van der Waals surface area contributed by atoms with Crippen LogP contribution in [0.4, 0.5) is 5.13 Å². The number of thiazole rings is 1. The van der Waals surface area contributed by atoms with Crippen molar-refractivity contribution in [2.45, 2.75) is 13.5 Å². The van der Waals surface area contributed by atoms with E-state index >= 15 is 0 Å². The van der Waals surface area contributed by atoms with Gasteiger partial charge in [0.05, 0.1) is 12.8 Å². The number of para-hydroxylation sites is 2. The van der Waals surface area contributed by atoms with E-state index in [1.54, 1.807) is 29.6 Å². The van der Waals surface area contributed by atoms with Crippen molar-refractivity contribution in [3.63, 3.8) is 0 Å². The zero-order valence-corrected chi connectivity index (χ0v) is 19.6. The van der Waals surface area contributed by atoms with Crippen molar-refractivity contribution in [3.8, 4) is 28.4 Å². The number of carbonyl (C=O) groups excluding carboxylic acids is 2. The van der Waals surface area contributed by atoms with E-state index in [1.165, 1.54) is 25.4 Å². The smallest absolute Gasteiger partial charge is 0.281 e. The molecule has 3 N–H and O–H groups in total. The Balaban J connectivity index is 1.54. The molecule has 0 fully saturated rings. The summed E-state index contributed by atoms with van der Waals surface area (Å²) in [5, 5.41) is 21.7. The summed E-state index contributed by atoms with van der Waals surface area (Å²) < 4.78 is 6.26. The Bertz CT molecular complexity index is 1450. The van der Waals surface area contributed by atoms with Gasteiger partial charge in [-0.1, -0.05) is 36.4 Å². The first-order chi connectivity index (χ1) is 16.9. The molecule has 0 atom stereocenters. The molecule has 4 rings (SSSR count). The molecule has 2 heterocycles. The maximum atomic E-state index is 12.9. The molecule has 4 aromatic rings. The number of hydrogen-bond donors (Lipinski definition) is 3. The fraction of sp³-hybridized carbons (Fsp3) is 0.125. The van der Waals surface area contributed by atoms with Crippen LogP contribution in [0.3, 0.4) is 0 Å². The van der Waals surface area contributed by atoms with Crippen LogP contribution >= 0.6 is 11.3 Å². The maximum absolute atomic E-state index is 12.9. The van der Waals surface area contributed by atoms with Crippen molar-refractivity contribution in [1.82, 2.24) is 20.1 Å². The quantitative estimate of drug-likeness (QED) is 0.362. The van der Waals surface area contributed by atoms with E-state index in [0.717, 1.165) is 21.9 Å². The second kappa shape index (κ2) is 10.2. The summed E-state index contributed by atoms with van der Waals surface area (Å²) in [5.41, 5.74) is 1.79. The van der Waals surface area contributed by atoms with Gasteiger partial charge in [0.15, 0.2) is 16.6 Å². The summed E-state index contributed by atoms with van der Waals surface area (Å²) in [6, 6.07) is 15.1. The molecule has 178 valence electrons. The predicted octanol–water partition coefficient (Wildman–Crippen LogP) is 2.96. The van der Waals surface area contributed by atoms with Crippen molar-refractivity contribution < 1.29 is 19.4 Å². The van der Waals surface area contributed by atoms with Gasteiger partial charge in [0, 0.05) is 30.5 Å². The van der Waals surface area contributed by atoms with Gasteiger partial charge in [-0.05, 0) is 17.7 Å². The van der Waals surface area contributed by atoms with Gasteiger partial charge in [0.1, 0.15) is 11.4 Å². The maximum Gasteiger partial charge on any atom is 0.281 e. The minimum atomic E-state index is -0.724. The third kappa shape index (κ3) is 5.36.